The fraction of sp³-hybridized carbons (Fsp3) is 0.278. The third-order valence-corrected chi connectivity index (χ3v) is 5.43. The Balaban J connectivity index is 1.56. The molecule has 1 atom stereocenters. The van der Waals surface area contributed by atoms with Crippen LogP contribution in [0.25, 0.3) is 21.0 Å². The van der Waals surface area contributed by atoms with Gasteiger partial charge in [0.2, 0.25) is 0 Å². The highest BCUT2D eigenvalue weighted by Crippen LogP contribution is 2.31. The zero-order valence-corrected chi connectivity index (χ0v) is 14.2. The lowest BCUT2D eigenvalue weighted by atomic mass is 9.98. The number of carbonyl (C=O) groups is 2. The summed E-state index contributed by atoms with van der Waals surface area (Å²) in [6, 6.07) is 11.2. The fourth-order valence-corrected chi connectivity index (χ4v) is 3.99. The van der Waals surface area contributed by atoms with E-state index in [0.717, 1.165) is 15.2 Å². The number of aliphatic carboxylic acids is 1. The van der Waals surface area contributed by atoms with Gasteiger partial charge in [-0.3, -0.25) is 9.59 Å². The number of hydrogen-bond acceptors (Lipinski definition) is 5. The first kappa shape index (κ1) is 15.8. The standard InChI is InChI=1S/C18H16N2O4S/c21-17(20-9-3-4-11(10-20)18(22)23)14-8-7-13(24-14)16-19-12-5-1-2-6-15(12)25-16/h1-2,5-8,11H,3-4,9-10H2,(H,22,23). The number of carbonyl (C=O) groups excluding carboxylic acids is 1. The van der Waals surface area contributed by atoms with E-state index in [2.05, 4.69) is 4.98 Å². The van der Waals surface area contributed by atoms with Crippen LogP contribution in [0.5, 0.6) is 0 Å². The van der Waals surface area contributed by atoms with Gasteiger partial charge in [0.15, 0.2) is 16.5 Å². The van der Waals surface area contributed by atoms with Crippen LogP contribution in [0.3, 0.4) is 0 Å². The van der Waals surface area contributed by atoms with E-state index < -0.39 is 11.9 Å². The van der Waals surface area contributed by atoms with E-state index in [1.54, 1.807) is 17.0 Å². The third kappa shape index (κ3) is 3.02. The largest absolute Gasteiger partial charge is 0.481 e. The lowest BCUT2D eigenvalue weighted by Gasteiger charge is -2.29. The molecule has 4 rings (SSSR count). The van der Waals surface area contributed by atoms with Gasteiger partial charge in [-0.1, -0.05) is 12.1 Å². The summed E-state index contributed by atoms with van der Waals surface area (Å²) in [4.78, 5) is 29.9. The van der Waals surface area contributed by atoms with E-state index in [0.29, 0.717) is 25.1 Å². The molecule has 2 aromatic heterocycles. The number of para-hydroxylation sites is 1. The quantitative estimate of drug-likeness (QED) is 0.776. The highest BCUT2D eigenvalue weighted by atomic mass is 32.1. The fourth-order valence-electron chi connectivity index (χ4n) is 3.06. The molecule has 0 radical (unpaired) electrons. The summed E-state index contributed by atoms with van der Waals surface area (Å²) in [5, 5.41) is 9.89. The van der Waals surface area contributed by atoms with Crippen LogP contribution in [-0.4, -0.2) is 40.0 Å². The molecule has 25 heavy (non-hydrogen) atoms. The van der Waals surface area contributed by atoms with Crippen molar-refractivity contribution in [2.24, 2.45) is 5.92 Å². The van der Waals surface area contributed by atoms with E-state index >= 15 is 0 Å². The maximum absolute atomic E-state index is 12.6. The van der Waals surface area contributed by atoms with Gasteiger partial charge in [-0.15, -0.1) is 11.3 Å². The minimum Gasteiger partial charge on any atom is -0.481 e. The Morgan fingerprint density at radius 1 is 1.24 bits per heavy atom. The Morgan fingerprint density at radius 2 is 2.08 bits per heavy atom. The number of aromatic nitrogens is 1. The number of thiazole rings is 1. The van der Waals surface area contributed by atoms with Gasteiger partial charge in [-0.2, -0.15) is 0 Å². The van der Waals surface area contributed by atoms with Gasteiger partial charge < -0.3 is 14.4 Å². The second-order valence-electron chi connectivity index (χ2n) is 6.08. The molecule has 6 nitrogen and oxygen atoms in total. The van der Waals surface area contributed by atoms with Crippen molar-refractivity contribution in [3.8, 4) is 10.8 Å². The lowest BCUT2D eigenvalue weighted by Crippen LogP contribution is -2.42. The average Bonchev–Trinajstić information content (AvgIpc) is 3.27. The molecule has 1 fully saturated rings. The molecule has 1 saturated heterocycles. The Hall–Kier alpha value is -2.67. The molecule has 1 unspecified atom stereocenters. The van der Waals surface area contributed by atoms with Gasteiger partial charge in [0.25, 0.3) is 5.91 Å². The number of carboxylic acids is 1. The second-order valence-corrected chi connectivity index (χ2v) is 7.11. The van der Waals surface area contributed by atoms with Gasteiger partial charge in [0, 0.05) is 13.1 Å². The maximum atomic E-state index is 12.6. The number of fused-ring (bicyclic) bond motifs is 1. The van der Waals surface area contributed by atoms with Crippen molar-refractivity contribution < 1.29 is 19.1 Å². The van der Waals surface area contributed by atoms with Crippen molar-refractivity contribution in [1.82, 2.24) is 9.88 Å². The zero-order chi connectivity index (χ0) is 17.4. The molecule has 0 spiro atoms. The predicted molar refractivity (Wildman–Crippen MR) is 93.6 cm³/mol. The molecule has 0 saturated carbocycles. The molecule has 7 heteroatoms. The van der Waals surface area contributed by atoms with Crippen molar-refractivity contribution in [3.05, 3.63) is 42.2 Å². The van der Waals surface area contributed by atoms with Crippen LogP contribution in [0.1, 0.15) is 23.4 Å². The molecular formula is C18H16N2O4S. The van der Waals surface area contributed by atoms with Crippen molar-refractivity contribution in [3.63, 3.8) is 0 Å². The van der Waals surface area contributed by atoms with Crippen molar-refractivity contribution in [2.45, 2.75) is 12.8 Å². The number of piperidine rings is 1. The van der Waals surface area contributed by atoms with Crippen LogP contribution < -0.4 is 0 Å². The van der Waals surface area contributed by atoms with E-state index in [9.17, 15) is 9.59 Å². The molecule has 3 heterocycles. The zero-order valence-electron chi connectivity index (χ0n) is 13.3. The van der Waals surface area contributed by atoms with Crippen molar-refractivity contribution in [2.75, 3.05) is 13.1 Å². The van der Waals surface area contributed by atoms with Crippen LogP contribution in [0.2, 0.25) is 0 Å². The van der Waals surface area contributed by atoms with E-state index in [1.165, 1.54) is 11.3 Å². The van der Waals surface area contributed by atoms with E-state index in [-0.39, 0.29) is 18.2 Å². The highest BCUT2D eigenvalue weighted by Gasteiger charge is 2.30. The SMILES string of the molecule is O=C(O)C1CCCN(C(=O)c2ccc(-c3nc4ccccc4s3)o2)C1. The molecule has 1 aromatic carbocycles. The summed E-state index contributed by atoms with van der Waals surface area (Å²) < 4.78 is 6.78. The Kier molecular flexibility index (Phi) is 4.01. The Bertz CT molecular complexity index is 912. The summed E-state index contributed by atoms with van der Waals surface area (Å²) >= 11 is 1.51. The minimum absolute atomic E-state index is 0.222. The number of carboxylic acid groups (broad SMARTS) is 1. The maximum Gasteiger partial charge on any atom is 0.308 e. The molecule has 3 aromatic rings. The molecule has 1 aliphatic rings. The van der Waals surface area contributed by atoms with Gasteiger partial charge in [-0.25, -0.2) is 4.98 Å². The molecule has 0 aliphatic carbocycles. The normalized spacial score (nSPS) is 17.8. The summed E-state index contributed by atoms with van der Waals surface area (Å²) in [6.45, 7) is 0.783. The van der Waals surface area contributed by atoms with Gasteiger partial charge in [0.05, 0.1) is 16.1 Å². The second kappa shape index (κ2) is 6.33. The molecule has 128 valence electrons. The number of nitrogens with zero attached hydrogens (tertiary/aromatic N) is 2. The monoisotopic (exact) mass is 356 g/mol. The minimum atomic E-state index is -0.855. The van der Waals surface area contributed by atoms with Gasteiger partial charge in [0.1, 0.15) is 0 Å². The van der Waals surface area contributed by atoms with Crippen LogP contribution in [-0.2, 0) is 4.79 Å². The highest BCUT2D eigenvalue weighted by molar-refractivity contribution is 7.21. The predicted octanol–water partition coefficient (Wildman–Crippen LogP) is 3.49. The van der Waals surface area contributed by atoms with Crippen LogP contribution in [0, 0.1) is 5.92 Å². The topological polar surface area (TPSA) is 83.6 Å². The summed E-state index contributed by atoms with van der Waals surface area (Å²) in [5.74, 6) is -0.849. The molecule has 1 amide bonds. The molecule has 1 N–H and O–H groups in total. The van der Waals surface area contributed by atoms with Crippen molar-refractivity contribution >= 4 is 33.4 Å². The Labute approximate surface area is 147 Å². The van der Waals surface area contributed by atoms with Gasteiger partial charge in [-0.05, 0) is 37.1 Å². The van der Waals surface area contributed by atoms with E-state index in [4.69, 9.17) is 9.52 Å². The summed E-state index contributed by atoms with van der Waals surface area (Å²) in [6.07, 6.45) is 1.29. The first-order valence-corrected chi connectivity index (χ1v) is 8.91. The first-order chi connectivity index (χ1) is 12.1. The number of benzene rings is 1. The van der Waals surface area contributed by atoms with Crippen molar-refractivity contribution in [1.29, 1.82) is 0 Å². The van der Waals surface area contributed by atoms with Crippen LogP contribution in [0.15, 0.2) is 40.8 Å². The molecular weight excluding hydrogens is 340 g/mol. The number of hydrogen-bond donors (Lipinski definition) is 1. The Morgan fingerprint density at radius 3 is 2.88 bits per heavy atom. The van der Waals surface area contributed by atoms with E-state index in [1.807, 2.05) is 24.3 Å². The number of furan rings is 1. The number of likely N-dealkylation sites (tertiary alicyclic amines) is 1. The smallest absolute Gasteiger partial charge is 0.308 e. The molecule has 0 bridgehead atoms. The third-order valence-electron chi connectivity index (χ3n) is 4.38. The molecule has 1 aliphatic heterocycles. The van der Waals surface area contributed by atoms with Crippen LogP contribution >= 0.6 is 11.3 Å². The number of amides is 1. The van der Waals surface area contributed by atoms with Gasteiger partial charge >= 0.3 is 5.97 Å². The number of rotatable bonds is 3. The average molecular weight is 356 g/mol. The summed E-state index contributed by atoms with van der Waals surface area (Å²) in [7, 11) is 0. The lowest BCUT2D eigenvalue weighted by molar-refractivity contribution is -0.143. The van der Waals surface area contributed by atoms with Crippen LogP contribution in [0.4, 0.5) is 0 Å². The summed E-state index contributed by atoms with van der Waals surface area (Å²) in [5.41, 5.74) is 0.895. The first-order valence-electron chi connectivity index (χ1n) is 8.09.